The number of quaternary nitrogens is 1. The van der Waals surface area contributed by atoms with Crippen LogP contribution in [-0.4, -0.2) is 31.2 Å². The Labute approximate surface area is 154 Å². The van der Waals surface area contributed by atoms with Crippen LogP contribution in [0, 0.1) is 0 Å². The molecule has 0 heterocycles. The summed E-state index contributed by atoms with van der Waals surface area (Å²) in [5.74, 6) is 0. The summed E-state index contributed by atoms with van der Waals surface area (Å²) < 4.78 is 1.14. The van der Waals surface area contributed by atoms with Gasteiger partial charge in [-0.05, 0) is 35.6 Å². The Hall–Kier alpha value is -1.86. The fourth-order valence-corrected chi connectivity index (χ4v) is 3.32. The molecule has 0 amide bonds. The Morgan fingerprint density at radius 1 is 0.760 bits per heavy atom. The van der Waals surface area contributed by atoms with Crippen molar-refractivity contribution in [1.29, 1.82) is 0 Å². The number of rotatable bonds is 10. The zero-order valence-electron chi connectivity index (χ0n) is 16.2. The monoisotopic (exact) mass is 336 g/mol. The van der Waals surface area contributed by atoms with Crippen LogP contribution >= 0.6 is 0 Å². The van der Waals surface area contributed by atoms with Gasteiger partial charge >= 0.3 is 0 Å². The number of benzene rings is 2. The Morgan fingerprint density at radius 3 is 1.60 bits per heavy atom. The van der Waals surface area contributed by atoms with Crippen LogP contribution < -0.4 is 0 Å². The van der Waals surface area contributed by atoms with E-state index in [9.17, 15) is 0 Å². The molecular weight excluding hydrogens is 302 g/mol. The minimum Gasteiger partial charge on any atom is -0.323 e. The van der Waals surface area contributed by atoms with Gasteiger partial charge in [0.15, 0.2) is 0 Å². The molecule has 134 valence electrons. The highest BCUT2D eigenvalue weighted by molar-refractivity contribution is 5.79. The number of likely N-dealkylation sites (N-methyl/N-ethyl adjacent to an activating group) is 1. The first kappa shape index (κ1) is 19.5. The number of hydrogen-bond donors (Lipinski definition) is 0. The maximum Gasteiger partial charge on any atom is 0.0980 e. The molecule has 2 aromatic carbocycles. The van der Waals surface area contributed by atoms with Gasteiger partial charge in [-0.3, -0.25) is 0 Å². The van der Waals surface area contributed by atoms with Crippen LogP contribution in [0.5, 0.6) is 0 Å². The molecule has 0 spiro atoms. The van der Waals surface area contributed by atoms with Gasteiger partial charge in [0.2, 0.25) is 0 Å². The lowest BCUT2D eigenvalue weighted by Crippen LogP contribution is -2.45. The maximum atomic E-state index is 2.47. The van der Waals surface area contributed by atoms with Crippen molar-refractivity contribution in [2.75, 3.05) is 26.7 Å². The Morgan fingerprint density at radius 2 is 1.20 bits per heavy atom. The lowest BCUT2D eigenvalue weighted by Gasteiger charge is -2.34. The predicted molar refractivity (Wildman–Crippen MR) is 111 cm³/mol. The van der Waals surface area contributed by atoms with Crippen molar-refractivity contribution in [2.45, 2.75) is 39.5 Å². The van der Waals surface area contributed by atoms with E-state index < -0.39 is 0 Å². The first-order valence-corrected chi connectivity index (χ1v) is 9.83. The molecule has 0 unspecified atom stereocenters. The van der Waals surface area contributed by atoms with Crippen LogP contribution in [0.3, 0.4) is 0 Å². The molecule has 0 aliphatic heterocycles. The summed E-state index contributed by atoms with van der Waals surface area (Å²) in [6.45, 7) is 8.21. The van der Waals surface area contributed by atoms with Crippen LogP contribution in [0.25, 0.3) is 5.57 Å². The van der Waals surface area contributed by atoms with Gasteiger partial charge in [-0.2, -0.15) is 0 Å². The Kier molecular flexibility index (Phi) is 7.94. The van der Waals surface area contributed by atoms with Gasteiger partial charge in [0.25, 0.3) is 0 Å². The molecule has 1 nitrogen and oxygen atoms in total. The van der Waals surface area contributed by atoms with Crippen molar-refractivity contribution in [3.8, 4) is 0 Å². The smallest absolute Gasteiger partial charge is 0.0980 e. The van der Waals surface area contributed by atoms with E-state index >= 15 is 0 Å². The summed E-state index contributed by atoms with van der Waals surface area (Å²) in [6, 6.07) is 21.6. The second-order valence-electron chi connectivity index (χ2n) is 7.31. The predicted octanol–water partition coefficient (Wildman–Crippen LogP) is 6.17. The van der Waals surface area contributed by atoms with E-state index in [2.05, 4.69) is 87.6 Å². The van der Waals surface area contributed by atoms with Crippen LogP contribution in [0.2, 0.25) is 0 Å². The fraction of sp³-hybridized carbons (Fsp3) is 0.417. The highest BCUT2D eigenvalue weighted by Gasteiger charge is 2.19. The van der Waals surface area contributed by atoms with E-state index in [0.717, 1.165) is 11.0 Å². The van der Waals surface area contributed by atoms with Gasteiger partial charge in [0.05, 0.1) is 26.7 Å². The van der Waals surface area contributed by atoms with Gasteiger partial charge in [0.1, 0.15) is 0 Å². The zero-order valence-corrected chi connectivity index (χ0v) is 16.2. The topological polar surface area (TPSA) is 0 Å². The first-order valence-electron chi connectivity index (χ1n) is 9.83. The molecule has 25 heavy (non-hydrogen) atoms. The molecule has 0 saturated carbocycles. The second kappa shape index (κ2) is 10.2. The van der Waals surface area contributed by atoms with Crippen molar-refractivity contribution < 1.29 is 4.48 Å². The lowest BCUT2D eigenvalue weighted by atomic mass is 9.97. The highest BCUT2D eigenvalue weighted by Crippen LogP contribution is 2.24. The quantitative estimate of drug-likeness (QED) is 0.455. The number of nitrogens with zero attached hydrogens (tertiary/aromatic N) is 1. The molecule has 2 aromatic rings. The van der Waals surface area contributed by atoms with Gasteiger partial charge < -0.3 is 4.48 Å². The SMILES string of the molecule is CCCC[N+](C)(CC=C(c1ccccc1)c1ccccc1)CCCC. The van der Waals surface area contributed by atoms with E-state index in [1.54, 1.807) is 0 Å². The third kappa shape index (κ3) is 6.17. The fourth-order valence-electron chi connectivity index (χ4n) is 3.32. The Bertz CT molecular complexity index is 578. The number of unbranched alkanes of at least 4 members (excludes halogenated alkanes) is 2. The molecule has 0 aliphatic carbocycles. The van der Waals surface area contributed by atoms with Gasteiger partial charge in [-0.15, -0.1) is 0 Å². The minimum absolute atomic E-state index is 1.10. The van der Waals surface area contributed by atoms with Gasteiger partial charge in [-0.25, -0.2) is 0 Å². The second-order valence-corrected chi connectivity index (χ2v) is 7.31. The summed E-state index contributed by atoms with van der Waals surface area (Å²) in [6.07, 6.45) is 7.62. The summed E-state index contributed by atoms with van der Waals surface area (Å²) in [5, 5.41) is 0. The molecular formula is C24H34N+. The molecule has 0 atom stereocenters. The summed E-state index contributed by atoms with van der Waals surface area (Å²) in [4.78, 5) is 0. The van der Waals surface area contributed by atoms with Crippen molar-refractivity contribution in [2.24, 2.45) is 0 Å². The summed E-state index contributed by atoms with van der Waals surface area (Å²) in [7, 11) is 2.43. The first-order chi connectivity index (χ1) is 12.2. The zero-order chi connectivity index (χ0) is 18.0. The van der Waals surface area contributed by atoms with Gasteiger partial charge in [-0.1, -0.05) is 87.4 Å². The normalized spacial score (nSPS) is 11.3. The molecule has 0 N–H and O–H groups in total. The number of hydrogen-bond acceptors (Lipinski definition) is 0. The van der Waals surface area contributed by atoms with E-state index in [4.69, 9.17) is 0 Å². The third-order valence-electron chi connectivity index (χ3n) is 5.01. The third-order valence-corrected chi connectivity index (χ3v) is 5.01. The van der Waals surface area contributed by atoms with E-state index in [1.165, 1.54) is 55.5 Å². The van der Waals surface area contributed by atoms with Crippen LogP contribution in [-0.2, 0) is 0 Å². The van der Waals surface area contributed by atoms with Crippen LogP contribution in [0.4, 0.5) is 0 Å². The summed E-state index contributed by atoms with van der Waals surface area (Å²) in [5.41, 5.74) is 3.98. The van der Waals surface area contributed by atoms with Crippen molar-refractivity contribution in [3.05, 3.63) is 77.9 Å². The summed E-state index contributed by atoms with van der Waals surface area (Å²) >= 11 is 0. The molecule has 0 aromatic heterocycles. The Balaban J connectivity index is 2.29. The molecule has 0 saturated heterocycles. The largest absolute Gasteiger partial charge is 0.323 e. The van der Waals surface area contributed by atoms with Crippen LogP contribution in [0.15, 0.2) is 66.7 Å². The molecule has 1 heteroatoms. The van der Waals surface area contributed by atoms with Crippen LogP contribution in [0.1, 0.15) is 50.7 Å². The van der Waals surface area contributed by atoms with Crippen molar-refractivity contribution in [1.82, 2.24) is 0 Å². The maximum absolute atomic E-state index is 2.47. The average molecular weight is 337 g/mol. The molecule has 2 rings (SSSR count). The minimum atomic E-state index is 1.10. The molecule has 0 radical (unpaired) electrons. The average Bonchev–Trinajstić information content (AvgIpc) is 2.67. The molecule has 0 aliphatic rings. The lowest BCUT2D eigenvalue weighted by molar-refractivity contribution is -0.904. The van der Waals surface area contributed by atoms with E-state index in [1.807, 2.05) is 0 Å². The molecule has 0 bridgehead atoms. The van der Waals surface area contributed by atoms with E-state index in [0.29, 0.717) is 0 Å². The van der Waals surface area contributed by atoms with Crippen molar-refractivity contribution >= 4 is 5.57 Å². The van der Waals surface area contributed by atoms with Crippen molar-refractivity contribution in [3.63, 3.8) is 0 Å². The standard InChI is InChI=1S/C24H34N/c1-4-6-19-25(3,20-7-5-2)21-18-24(22-14-10-8-11-15-22)23-16-12-9-13-17-23/h8-18H,4-7,19-21H2,1-3H3/q+1. The highest BCUT2D eigenvalue weighted by atomic mass is 15.3. The van der Waals surface area contributed by atoms with Gasteiger partial charge in [0, 0.05) is 0 Å². The molecule has 0 fully saturated rings. The van der Waals surface area contributed by atoms with E-state index in [-0.39, 0.29) is 0 Å².